The number of carboxylic acids is 1. The van der Waals surface area contributed by atoms with Crippen molar-refractivity contribution in [3.63, 3.8) is 0 Å². The first kappa shape index (κ1) is 28.2. The Bertz CT molecular complexity index is 1260. The van der Waals surface area contributed by atoms with Crippen molar-refractivity contribution in [3.8, 4) is 17.1 Å². The van der Waals surface area contributed by atoms with Crippen LogP contribution >= 0.6 is 12.6 Å². The maximum atomic E-state index is 15.3. The van der Waals surface area contributed by atoms with Crippen LogP contribution in [0.4, 0.5) is 4.39 Å². The van der Waals surface area contributed by atoms with E-state index in [0.29, 0.717) is 53.8 Å². The molecule has 1 atom stereocenters. The van der Waals surface area contributed by atoms with Gasteiger partial charge in [0.1, 0.15) is 5.82 Å². The van der Waals surface area contributed by atoms with Crippen LogP contribution in [0.5, 0.6) is 6.01 Å². The Kier molecular flexibility index (Phi) is 9.74. The Morgan fingerprint density at radius 1 is 1.14 bits per heavy atom. The number of aryl methyl sites for hydroxylation is 1. The van der Waals surface area contributed by atoms with E-state index in [0.717, 1.165) is 5.69 Å². The molecule has 0 bridgehead atoms. The van der Waals surface area contributed by atoms with Crippen LogP contribution in [-0.2, 0) is 24.3 Å². The summed E-state index contributed by atoms with van der Waals surface area (Å²) in [6, 6.07) is 11.4. The number of hydrogen-bond donors (Lipinski definition) is 3. The zero-order chi connectivity index (χ0) is 27.1. The van der Waals surface area contributed by atoms with E-state index in [1.54, 1.807) is 34.9 Å². The number of ether oxygens (including phenoxy) is 1. The average Bonchev–Trinajstić information content (AvgIpc) is 3.19. The van der Waals surface area contributed by atoms with Crippen molar-refractivity contribution in [2.24, 2.45) is 5.92 Å². The molecule has 0 unspecified atom stereocenters. The summed E-state index contributed by atoms with van der Waals surface area (Å²) >= 11 is 4.44. The first-order chi connectivity index (χ1) is 17.7. The number of benzene rings is 2. The van der Waals surface area contributed by atoms with Gasteiger partial charge in [0.2, 0.25) is 5.91 Å². The van der Waals surface area contributed by atoms with Crippen molar-refractivity contribution >= 4 is 24.5 Å². The summed E-state index contributed by atoms with van der Waals surface area (Å²) in [7, 11) is 0. The second-order valence-corrected chi connectivity index (χ2v) is 9.76. The van der Waals surface area contributed by atoms with Crippen molar-refractivity contribution in [1.82, 2.24) is 14.9 Å². The van der Waals surface area contributed by atoms with E-state index in [2.05, 4.69) is 22.9 Å². The normalized spacial score (nSPS) is 12.0. The van der Waals surface area contributed by atoms with Crippen molar-refractivity contribution in [2.45, 2.75) is 58.9 Å². The number of nitrogens with zero attached hydrogens (tertiary/aromatic N) is 2. The lowest BCUT2D eigenvalue weighted by molar-refractivity contribution is -0.121. The summed E-state index contributed by atoms with van der Waals surface area (Å²) in [5.74, 6) is -1.44. The minimum Gasteiger partial charge on any atom is -0.478 e. The highest BCUT2D eigenvalue weighted by atomic mass is 32.1. The molecule has 2 aromatic carbocycles. The predicted molar refractivity (Wildman–Crippen MR) is 145 cm³/mol. The molecular formula is C28H34FN3O4S. The zero-order valence-electron chi connectivity index (χ0n) is 21.6. The molecule has 3 aromatic rings. The number of carbonyl (C=O) groups is 2. The summed E-state index contributed by atoms with van der Waals surface area (Å²) in [4.78, 5) is 29.2. The molecule has 0 aliphatic heterocycles. The average molecular weight is 528 g/mol. The number of rotatable bonds is 12. The van der Waals surface area contributed by atoms with E-state index in [9.17, 15) is 14.7 Å². The van der Waals surface area contributed by atoms with E-state index in [-0.39, 0.29) is 24.6 Å². The molecule has 9 heteroatoms. The van der Waals surface area contributed by atoms with Gasteiger partial charge in [-0.15, -0.1) is 0 Å². The van der Waals surface area contributed by atoms with Gasteiger partial charge >= 0.3 is 5.97 Å². The Morgan fingerprint density at radius 2 is 1.84 bits per heavy atom. The molecule has 0 radical (unpaired) electrons. The molecule has 2 N–H and O–H groups in total. The largest absolute Gasteiger partial charge is 0.478 e. The summed E-state index contributed by atoms with van der Waals surface area (Å²) in [6.45, 7) is 8.41. The Balaban J connectivity index is 2.06. The quantitative estimate of drug-likeness (QED) is 0.276. The first-order valence-corrected chi connectivity index (χ1v) is 13.0. The van der Waals surface area contributed by atoms with Crippen molar-refractivity contribution < 1.29 is 23.8 Å². The Labute approximate surface area is 222 Å². The summed E-state index contributed by atoms with van der Waals surface area (Å²) in [5, 5.41) is 12.2. The number of imidazole rings is 1. The molecule has 198 valence electrons. The van der Waals surface area contributed by atoms with Gasteiger partial charge < -0.3 is 15.2 Å². The number of nitrogens with one attached hydrogen (secondary N) is 1. The number of carboxylic acid groups (broad SMARTS) is 1. The summed E-state index contributed by atoms with van der Waals surface area (Å²) in [6.07, 6.45) is 1.22. The Hall–Kier alpha value is -3.33. The molecule has 0 aliphatic rings. The Morgan fingerprint density at radius 3 is 2.49 bits per heavy atom. The lowest BCUT2D eigenvalue weighted by atomic mass is 9.95. The predicted octanol–water partition coefficient (Wildman–Crippen LogP) is 5.36. The number of aromatic carboxylic acids is 1. The maximum Gasteiger partial charge on any atom is 0.336 e. The highest BCUT2D eigenvalue weighted by Crippen LogP contribution is 2.31. The third-order valence-corrected chi connectivity index (χ3v) is 6.48. The van der Waals surface area contributed by atoms with Crippen LogP contribution in [0.25, 0.3) is 11.1 Å². The van der Waals surface area contributed by atoms with Gasteiger partial charge in [-0.1, -0.05) is 51.1 Å². The van der Waals surface area contributed by atoms with Crippen molar-refractivity contribution in [2.75, 3.05) is 6.61 Å². The summed E-state index contributed by atoms with van der Waals surface area (Å²) < 4.78 is 22.9. The highest BCUT2D eigenvalue weighted by molar-refractivity contribution is 7.81. The maximum absolute atomic E-state index is 15.3. The van der Waals surface area contributed by atoms with E-state index >= 15 is 4.39 Å². The molecule has 0 saturated heterocycles. The molecule has 1 amide bonds. The molecule has 0 spiro atoms. The fraction of sp³-hybridized carbons (Fsp3) is 0.393. The molecule has 1 heterocycles. The van der Waals surface area contributed by atoms with Crippen LogP contribution in [-0.4, -0.2) is 38.4 Å². The van der Waals surface area contributed by atoms with Crippen LogP contribution in [0, 0.1) is 11.7 Å². The molecule has 7 nitrogen and oxygen atoms in total. The molecule has 37 heavy (non-hydrogen) atoms. The molecule has 0 aliphatic carbocycles. The van der Waals surface area contributed by atoms with Crippen molar-refractivity contribution in [1.29, 1.82) is 0 Å². The topological polar surface area (TPSA) is 93.5 Å². The van der Waals surface area contributed by atoms with Crippen LogP contribution in [0.3, 0.4) is 0 Å². The van der Waals surface area contributed by atoms with E-state index < -0.39 is 17.0 Å². The second-order valence-electron chi connectivity index (χ2n) is 9.14. The van der Waals surface area contributed by atoms with Gasteiger partial charge in [-0.2, -0.15) is 17.6 Å². The van der Waals surface area contributed by atoms with Gasteiger partial charge in [-0.25, -0.2) is 9.18 Å². The van der Waals surface area contributed by atoms with Gasteiger partial charge in [0, 0.05) is 5.56 Å². The van der Waals surface area contributed by atoms with E-state index in [4.69, 9.17) is 4.74 Å². The third-order valence-electron chi connectivity index (χ3n) is 6.04. The number of thiol groups is 1. The smallest absolute Gasteiger partial charge is 0.336 e. The minimum atomic E-state index is -1.09. The van der Waals surface area contributed by atoms with E-state index in [1.165, 1.54) is 12.1 Å². The lowest BCUT2D eigenvalue weighted by Gasteiger charge is -2.18. The van der Waals surface area contributed by atoms with Crippen LogP contribution < -0.4 is 10.1 Å². The number of carbonyl (C=O) groups excluding carboxylic acids is 1. The molecule has 0 fully saturated rings. The second kappa shape index (κ2) is 12.8. The minimum absolute atomic E-state index is 0.0415. The van der Waals surface area contributed by atoms with Gasteiger partial charge in [-0.3, -0.25) is 9.36 Å². The lowest BCUT2D eigenvalue weighted by Crippen LogP contribution is -2.32. The van der Waals surface area contributed by atoms with Gasteiger partial charge in [-0.05, 0) is 48.9 Å². The summed E-state index contributed by atoms with van der Waals surface area (Å²) in [5.41, 5.74) is 2.69. The number of amides is 1. The highest BCUT2D eigenvalue weighted by Gasteiger charge is 2.23. The molecule has 1 aromatic heterocycles. The molecular weight excluding hydrogens is 493 g/mol. The van der Waals surface area contributed by atoms with Gasteiger partial charge in [0.25, 0.3) is 6.01 Å². The number of hydrogen-bond acceptors (Lipinski definition) is 5. The molecule has 3 rings (SSSR count). The van der Waals surface area contributed by atoms with Crippen LogP contribution in [0.1, 0.15) is 61.4 Å². The monoisotopic (exact) mass is 527 g/mol. The van der Waals surface area contributed by atoms with E-state index in [1.807, 2.05) is 27.7 Å². The van der Waals surface area contributed by atoms with Crippen LogP contribution in [0.2, 0.25) is 0 Å². The van der Waals surface area contributed by atoms with Crippen LogP contribution in [0.15, 0.2) is 42.5 Å². The third kappa shape index (κ3) is 6.71. The fourth-order valence-corrected chi connectivity index (χ4v) is 4.78. The number of aromatic nitrogens is 2. The fourth-order valence-electron chi connectivity index (χ4n) is 4.27. The first-order valence-electron chi connectivity index (χ1n) is 12.4. The standard InChI is InChI=1S/C28H34FN3O4S/c1-5-23-24(15-30-26(33)25(37)14-17(3)4)32(28(31-23)36-6-2)16-21-19(12-9-13-22(21)29)18-10-7-8-11-20(18)27(34)35/h7-13,17,25,37H,5-6,14-16H2,1-4H3,(H,30,33)(H,34,35)/t25-/m0/s1. The van der Waals surface area contributed by atoms with Gasteiger partial charge in [0.05, 0.1) is 41.9 Å². The number of halogens is 1. The SMILES string of the molecule is CCOc1nc(CC)c(CNC(=O)[C@@H](S)CC(C)C)n1Cc1c(F)cccc1-c1ccccc1C(=O)O. The molecule has 0 saturated carbocycles. The van der Waals surface area contributed by atoms with Crippen molar-refractivity contribution in [3.05, 3.63) is 70.8 Å². The van der Waals surface area contributed by atoms with Gasteiger partial charge in [0.15, 0.2) is 0 Å². The zero-order valence-corrected chi connectivity index (χ0v) is 22.5.